The molecule has 0 saturated carbocycles. The van der Waals surface area contributed by atoms with Crippen LogP contribution in [0.2, 0.25) is 0 Å². The van der Waals surface area contributed by atoms with Gasteiger partial charge in [0.25, 0.3) is 36.3 Å². The Morgan fingerprint density at radius 3 is 1.64 bits per heavy atom. The molecule has 5 aromatic carbocycles. The van der Waals surface area contributed by atoms with E-state index in [-0.39, 0.29) is 110 Å². The summed E-state index contributed by atoms with van der Waals surface area (Å²) in [7, 11) is -15.3. The predicted molar refractivity (Wildman–Crippen MR) is 347 cm³/mol. The van der Waals surface area contributed by atoms with Crippen molar-refractivity contribution in [2.24, 2.45) is 0 Å². The molecule has 2 aromatic heterocycles. The monoisotopic (exact) mass is 1470 g/mol. The number of aromatic nitrogens is 6. The van der Waals surface area contributed by atoms with Crippen LogP contribution >= 0.6 is 0 Å². The number of ether oxygens (including phenoxy) is 11. The van der Waals surface area contributed by atoms with E-state index < -0.39 is 119 Å². The van der Waals surface area contributed by atoms with Gasteiger partial charge in [-0.2, -0.15) is 25.3 Å². The van der Waals surface area contributed by atoms with E-state index in [4.69, 9.17) is 52.1 Å². The predicted octanol–water partition coefficient (Wildman–Crippen LogP) is -0.00790. The molecule has 100 heavy (non-hydrogen) atoms. The van der Waals surface area contributed by atoms with Gasteiger partial charge in [0.2, 0.25) is 5.91 Å². The highest BCUT2D eigenvalue weighted by Crippen LogP contribution is 2.45. The van der Waals surface area contributed by atoms with Gasteiger partial charge in [-0.1, -0.05) is 40.8 Å². The zero-order valence-corrected chi connectivity index (χ0v) is 57.1. The van der Waals surface area contributed by atoms with Crippen LogP contribution in [0.5, 0.6) is 11.5 Å². The van der Waals surface area contributed by atoms with Crippen molar-refractivity contribution in [1.82, 2.24) is 45.9 Å². The highest BCUT2D eigenvalue weighted by molar-refractivity contribution is 7.87. The molecule has 3 amide bonds. The average molecular weight is 1470 g/mol. The Morgan fingerprint density at radius 1 is 0.590 bits per heavy atom. The molecule has 10 N–H and O–H groups in total. The molecular formula is C61H81N9O27S3. The number of rotatable bonds is 42. The van der Waals surface area contributed by atoms with E-state index in [1.54, 1.807) is 50.0 Å². The van der Waals surface area contributed by atoms with Gasteiger partial charge in [0.05, 0.1) is 124 Å². The van der Waals surface area contributed by atoms with Gasteiger partial charge in [-0.25, -0.2) is 14.2 Å². The highest BCUT2D eigenvalue weighted by Gasteiger charge is 2.44. The maximum atomic E-state index is 13.3. The summed E-state index contributed by atoms with van der Waals surface area (Å²) in [6.45, 7) is 8.17. The number of hydrogen-bond donors (Lipinski definition) is 10. The third-order valence-electron chi connectivity index (χ3n) is 14.9. The molecule has 0 radical (unpaired) electrons. The fourth-order valence-electron chi connectivity index (χ4n) is 10.2. The standard InChI is InChI=1S/C61H81N9O27S3/c1-61(2,3)97-60(77)64-46(30-39-34-69(67-65-39)14-18-88-22-25-91-26-27-92-28-29-93-41-6-4-38(5-7-41)12-16-94-59-57(75)56(74)55(73)48(36-71)96-59)58(76)62-13-17-87-20-23-90-24-21-89-19-15-70-35-40(66-68-70)33-63-52(72)37-95-47-31-49(98(78,79)80)43-10-11-45-51(100(84,85)86)32-50(99(81,82)83)44-9-8-42(47)53(43)54(44)45/h4-11,31-32,34-35,46,48,55-57,59,71,73-75H,12-30,33,36-37H2,1-3H3,(H,62,76)(H,63,72)(H,64,77)(H,78,79,80)(H,81,82,83)(H,84,85,86)/t46-,48+,55+,56-,57+,59+/m0/s1. The number of nitrogens with zero attached hydrogens (tertiary/aromatic N) is 6. The van der Waals surface area contributed by atoms with Gasteiger partial charge in [-0.15, -0.1) is 10.2 Å². The van der Waals surface area contributed by atoms with Crippen molar-refractivity contribution in [3.63, 3.8) is 0 Å². The molecule has 1 aliphatic rings. The van der Waals surface area contributed by atoms with Crippen molar-refractivity contribution in [2.75, 3.05) is 112 Å². The molecule has 36 nitrogen and oxygen atoms in total. The quantitative estimate of drug-likeness (QED) is 0.0137. The zero-order valence-electron chi connectivity index (χ0n) is 54.7. The minimum atomic E-state index is -5.13. The summed E-state index contributed by atoms with van der Waals surface area (Å²) in [5.41, 5.74) is 0.878. The van der Waals surface area contributed by atoms with Crippen LogP contribution in [0.3, 0.4) is 0 Å². The molecule has 0 unspecified atom stereocenters. The molecule has 0 spiro atoms. The van der Waals surface area contributed by atoms with Crippen molar-refractivity contribution in [1.29, 1.82) is 0 Å². The largest absolute Gasteiger partial charge is 0.491 e. The number of aliphatic hydroxyl groups excluding tert-OH is 4. The van der Waals surface area contributed by atoms with Gasteiger partial charge in [-0.3, -0.25) is 23.2 Å². The number of alkyl carbamates (subject to hydrolysis) is 1. The normalized spacial score (nSPS) is 17.2. The zero-order chi connectivity index (χ0) is 72.2. The molecule has 39 heteroatoms. The first-order valence-corrected chi connectivity index (χ1v) is 35.7. The van der Waals surface area contributed by atoms with Crippen LogP contribution in [-0.4, -0.2) is 262 Å². The van der Waals surface area contributed by atoms with Crippen LogP contribution in [0.4, 0.5) is 4.79 Å². The fourth-order valence-corrected chi connectivity index (χ4v) is 12.4. The van der Waals surface area contributed by atoms with Crippen LogP contribution in [-0.2, 0) is 115 Å². The average Bonchev–Trinajstić information content (AvgIpc) is 0.872. The smallest absolute Gasteiger partial charge is 0.408 e. The molecule has 1 fully saturated rings. The molecule has 7 aromatic rings. The van der Waals surface area contributed by atoms with Crippen LogP contribution in [0.1, 0.15) is 37.7 Å². The van der Waals surface area contributed by atoms with E-state index in [9.17, 15) is 73.7 Å². The lowest BCUT2D eigenvalue weighted by Crippen LogP contribution is -2.59. The van der Waals surface area contributed by atoms with Crippen molar-refractivity contribution < 1.29 is 126 Å². The van der Waals surface area contributed by atoms with Crippen molar-refractivity contribution >= 4 is 80.6 Å². The van der Waals surface area contributed by atoms with E-state index in [0.29, 0.717) is 82.4 Å². The molecule has 3 heterocycles. The second-order valence-electron chi connectivity index (χ2n) is 23.4. The number of nitrogens with one attached hydrogen (secondary N) is 3. The third kappa shape index (κ3) is 23.0. The minimum Gasteiger partial charge on any atom is -0.491 e. The first kappa shape index (κ1) is 78.2. The first-order chi connectivity index (χ1) is 47.6. The van der Waals surface area contributed by atoms with E-state index in [0.717, 1.165) is 23.8 Å². The fraction of sp³-hybridized carbons (Fsp3) is 0.525. The number of benzene rings is 5. The number of carbonyl (C=O) groups is 3. The molecule has 0 bridgehead atoms. The summed E-state index contributed by atoms with van der Waals surface area (Å²) in [4.78, 5) is 36.5. The van der Waals surface area contributed by atoms with Crippen LogP contribution in [0, 0.1) is 0 Å². The van der Waals surface area contributed by atoms with Crippen LogP contribution < -0.4 is 25.4 Å². The Balaban J connectivity index is 0.646. The van der Waals surface area contributed by atoms with Crippen molar-refractivity contribution in [2.45, 2.75) is 110 Å². The maximum absolute atomic E-state index is 13.3. The van der Waals surface area contributed by atoms with Gasteiger partial charge in [0.1, 0.15) is 74.5 Å². The molecule has 550 valence electrons. The van der Waals surface area contributed by atoms with Gasteiger partial charge >= 0.3 is 6.09 Å². The van der Waals surface area contributed by atoms with Gasteiger partial charge in [0, 0.05) is 57.5 Å². The summed E-state index contributed by atoms with van der Waals surface area (Å²) in [5.74, 6) is -0.856. The Bertz CT molecular complexity index is 4120. The summed E-state index contributed by atoms with van der Waals surface area (Å²) < 4.78 is 170. The summed E-state index contributed by atoms with van der Waals surface area (Å²) >= 11 is 0. The lowest BCUT2D eigenvalue weighted by atomic mass is 9.93. The summed E-state index contributed by atoms with van der Waals surface area (Å²) in [6, 6.07) is 12.5. The van der Waals surface area contributed by atoms with E-state index >= 15 is 0 Å². The van der Waals surface area contributed by atoms with E-state index in [2.05, 4.69) is 36.6 Å². The molecule has 8 rings (SSSR count). The Hall–Kier alpha value is -7.52. The highest BCUT2D eigenvalue weighted by atomic mass is 32.2. The number of aliphatic hydroxyl groups is 4. The maximum Gasteiger partial charge on any atom is 0.408 e. The van der Waals surface area contributed by atoms with Gasteiger partial charge in [-0.05, 0) is 57.0 Å². The first-order valence-electron chi connectivity index (χ1n) is 31.3. The number of hydrogen-bond acceptors (Lipinski definition) is 28. The molecule has 0 aliphatic carbocycles. The van der Waals surface area contributed by atoms with E-state index in [1.807, 2.05) is 12.1 Å². The van der Waals surface area contributed by atoms with Crippen LogP contribution in [0.25, 0.3) is 32.3 Å². The molecule has 1 aliphatic heterocycles. The van der Waals surface area contributed by atoms with Gasteiger partial charge in [0.15, 0.2) is 12.9 Å². The lowest BCUT2D eigenvalue weighted by molar-refractivity contribution is -0.300. The van der Waals surface area contributed by atoms with Crippen LogP contribution in [0.15, 0.2) is 87.7 Å². The molecule has 6 atom stereocenters. The summed E-state index contributed by atoms with van der Waals surface area (Å²) in [5, 5.41) is 62.7. The van der Waals surface area contributed by atoms with E-state index in [1.165, 1.54) is 16.8 Å². The number of carbonyl (C=O) groups excluding carboxylic acids is 3. The Morgan fingerprint density at radius 2 is 1.09 bits per heavy atom. The third-order valence-corrected chi connectivity index (χ3v) is 17.6. The number of amides is 3. The minimum absolute atomic E-state index is 0.00452. The van der Waals surface area contributed by atoms with Gasteiger partial charge < -0.3 is 88.5 Å². The lowest BCUT2D eigenvalue weighted by Gasteiger charge is -2.39. The second-order valence-corrected chi connectivity index (χ2v) is 27.6. The van der Waals surface area contributed by atoms with Crippen molar-refractivity contribution in [3.05, 3.63) is 90.0 Å². The Kier molecular flexibility index (Phi) is 28.4. The molecule has 1 saturated heterocycles. The molecular weight excluding hydrogens is 1390 g/mol. The Labute approximate surface area is 573 Å². The topological polar surface area (TPSA) is 494 Å². The SMILES string of the molecule is CC(C)(C)OC(=O)N[C@@H](Cc1cn(CCOCCOCCOCCOc2ccc(CCO[C@@H]3O[C@H](CO)[C@@H](O)[C@H](O)[C@H]3O)cc2)nn1)C(=O)NCCOCCOCCOCCn1cc(CNC(=O)COc2cc(S(=O)(=O)O)c3ccc4c(S(=O)(=O)O)cc(S(=O)(=O)O)c5ccc2c3c54)nn1. The van der Waals surface area contributed by atoms with Crippen molar-refractivity contribution in [3.8, 4) is 11.5 Å². The summed E-state index contributed by atoms with van der Waals surface area (Å²) in [6.07, 6.45) is -3.76. The second kappa shape index (κ2) is 36.4.